The molecule has 0 saturated carbocycles. The molecule has 0 amide bonds. The van der Waals surface area contributed by atoms with Gasteiger partial charge in [-0.1, -0.05) is 11.8 Å². The topological polar surface area (TPSA) is 41.6 Å². The number of halogens is 3. The van der Waals surface area contributed by atoms with Gasteiger partial charge >= 0.3 is 5.51 Å². The summed E-state index contributed by atoms with van der Waals surface area (Å²) in [6.07, 6.45) is 1.54. The van der Waals surface area contributed by atoms with E-state index in [1.165, 1.54) is 23.9 Å². The Hall–Kier alpha value is -1.15. The number of aromatic amines is 1. The minimum Gasteiger partial charge on any atom is -0.197 e. The number of nitrogens with one attached hydrogen (secondary N) is 1. The van der Waals surface area contributed by atoms with Gasteiger partial charge in [0.25, 0.3) is 0 Å². The van der Waals surface area contributed by atoms with Crippen molar-refractivity contribution in [1.82, 2.24) is 15.4 Å². The molecule has 0 radical (unpaired) electrons. The average Bonchev–Trinajstić information content (AvgIpc) is 2.71. The second-order valence-electron chi connectivity index (χ2n) is 2.93. The predicted molar refractivity (Wildman–Crippen MR) is 58.9 cm³/mol. The minimum absolute atomic E-state index is 0.126. The van der Waals surface area contributed by atoms with Crippen LogP contribution in [0.25, 0.3) is 0 Å². The van der Waals surface area contributed by atoms with Crippen LogP contribution in [0.2, 0.25) is 0 Å². The highest BCUT2D eigenvalue weighted by molar-refractivity contribution is 8.00. The molecular weight excluding hydrogens is 271 g/mol. The fraction of sp³-hybridized carbons (Fsp3) is 0.111. The maximum atomic E-state index is 12.1. The molecule has 1 N–H and O–H groups in total. The van der Waals surface area contributed by atoms with E-state index in [-0.39, 0.29) is 16.7 Å². The fourth-order valence-corrected chi connectivity index (χ4v) is 2.32. The zero-order valence-corrected chi connectivity index (χ0v) is 9.86. The van der Waals surface area contributed by atoms with E-state index in [1.807, 2.05) is 0 Å². The van der Waals surface area contributed by atoms with E-state index >= 15 is 0 Å². The first-order valence-corrected chi connectivity index (χ1v) is 6.06. The van der Waals surface area contributed by atoms with E-state index in [2.05, 4.69) is 15.4 Å². The molecule has 0 aliphatic rings. The molecule has 17 heavy (non-hydrogen) atoms. The Balaban J connectivity index is 2.03. The fourth-order valence-electron chi connectivity index (χ4n) is 1.07. The summed E-state index contributed by atoms with van der Waals surface area (Å²) in [6, 6.07) is 6.10. The summed E-state index contributed by atoms with van der Waals surface area (Å²) in [5, 5.41) is 10.6. The van der Waals surface area contributed by atoms with E-state index < -0.39 is 5.51 Å². The van der Waals surface area contributed by atoms with Crippen molar-refractivity contribution in [2.45, 2.75) is 20.3 Å². The molecule has 1 aromatic heterocycles. The summed E-state index contributed by atoms with van der Waals surface area (Å²) in [5.41, 5.74) is -4.25. The lowest BCUT2D eigenvalue weighted by Crippen LogP contribution is -1.98. The molecule has 8 heteroatoms. The van der Waals surface area contributed by atoms with Crippen molar-refractivity contribution in [2.75, 3.05) is 0 Å². The van der Waals surface area contributed by atoms with Crippen molar-refractivity contribution in [3.63, 3.8) is 0 Å². The van der Waals surface area contributed by atoms with Crippen LogP contribution >= 0.6 is 23.5 Å². The second-order valence-corrected chi connectivity index (χ2v) is 5.16. The van der Waals surface area contributed by atoms with Crippen LogP contribution in [0.1, 0.15) is 0 Å². The zero-order valence-electron chi connectivity index (χ0n) is 8.23. The monoisotopic (exact) mass is 277 g/mol. The van der Waals surface area contributed by atoms with Crippen LogP contribution in [0.4, 0.5) is 13.2 Å². The molecule has 1 heterocycles. The number of hydrogen-bond donors (Lipinski definition) is 1. The molecular formula is C9H6F3N3S2. The zero-order chi connectivity index (χ0) is 12.3. The van der Waals surface area contributed by atoms with Crippen LogP contribution < -0.4 is 0 Å². The van der Waals surface area contributed by atoms with E-state index in [4.69, 9.17) is 0 Å². The summed E-state index contributed by atoms with van der Waals surface area (Å²) >= 11 is 1.20. The number of aromatic nitrogens is 3. The number of thioether (sulfide) groups is 1. The van der Waals surface area contributed by atoms with Crippen LogP contribution in [0.5, 0.6) is 0 Å². The first-order valence-electron chi connectivity index (χ1n) is 4.42. The van der Waals surface area contributed by atoms with Gasteiger partial charge < -0.3 is 0 Å². The van der Waals surface area contributed by atoms with Crippen LogP contribution in [-0.4, -0.2) is 20.9 Å². The number of nitrogens with zero attached hydrogens (tertiary/aromatic N) is 2. The molecule has 3 nitrogen and oxygen atoms in total. The Morgan fingerprint density at radius 2 is 1.71 bits per heavy atom. The Labute approximate surface area is 103 Å². The number of hydrogen-bond acceptors (Lipinski definition) is 4. The van der Waals surface area contributed by atoms with E-state index in [9.17, 15) is 13.2 Å². The van der Waals surface area contributed by atoms with E-state index in [1.54, 1.807) is 18.3 Å². The second kappa shape index (κ2) is 5.01. The first-order chi connectivity index (χ1) is 8.03. The van der Waals surface area contributed by atoms with Crippen LogP contribution in [0.15, 0.2) is 45.3 Å². The van der Waals surface area contributed by atoms with E-state index in [0.29, 0.717) is 5.03 Å². The maximum absolute atomic E-state index is 12.1. The van der Waals surface area contributed by atoms with Gasteiger partial charge in [0.05, 0.1) is 6.20 Å². The quantitative estimate of drug-likeness (QED) is 0.871. The molecule has 0 saturated heterocycles. The van der Waals surface area contributed by atoms with Crippen LogP contribution in [0, 0.1) is 0 Å². The number of rotatable bonds is 3. The molecule has 0 unspecified atom stereocenters. The standard InChI is InChI=1S/C9H6F3N3S2/c10-9(11,12)17-7-3-1-6(2-4-7)16-8-5-13-15-14-8/h1-5H,(H,13,14,15). The molecule has 0 aliphatic heterocycles. The van der Waals surface area contributed by atoms with Crippen LogP contribution in [0.3, 0.4) is 0 Å². The van der Waals surface area contributed by atoms with Crippen molar-refractivity contribution in [3.05, 3.63) is 30.5 Å². The highest BCUT2D eigenvalue weighted by Crippen LogP contribution is 2.37. The van der Waals surface area contributed by atoms with Gasteiger partial charge in [-0.3, -0.25) is 0 Å². The minimum atomic E-state index is -4.25. The van der Waals surface area contributed by atoms with E-state index in [0.717, 1.165) is 4.90 Å². The summed E-state index contributed by atoms with van der Waals surface area (Å²) in [6.45, 7) is 0. The summed E-state index contributed by atoms with van der Waals surface area (Å²) < 4.78 is 36.2. The van der Waals surface area contributed by atoms with Gasteiger partial charge in [-0.25, -0.2) is 0 Å². The number of alkyl halides is 3. The lowest BCUT2D eigenvalue weighted by atomic mass is 10.4. The Bertz CT molecular complexity index is 467. The van der Waals surface area contributed by atoms with Crippen molar-refractivity contribution in [2.24, 2.45) is 0 Å². The molecule has 90 valence electrons. The van der Waals surface area contributed by atoms with Gasteiger partial charge in [-0.15, -0.1) is 5.10 Å². The summed E-state index contributed by atoms with van der Waals surface area (Å²) in [4.78, 5) is 0.979. The Morgan fingerprint density at radius 3 is 2.24 bits per heavy atom. The van der Waals surface area contributed by atoms with Crippen LogP contribution in [-0.2, 0) is 0 Å². The molecule has 2 aromatic rings. The average molecular weight is 277 g/mol. The molecule has 0 aliphatic carbocycles. The van der Waals surface area contributed by atoms with Gasteiger partial charge in [0.1, 0.15) is 5.03 Å². The predicted octanol–water partition coefficient (Wildman–Crippen LogP) is 3.57. The third-order valence-corrected chi connectivity index (χ3v) is 3.33. The van der Waals surface area contributed by atoms with Crippen molar-refractivity contribution >= 4 is 23.5 Å². The largest absolute Gasteiger partial charge is 0.446 e. The number of H-pyrrole nitrogens is 1. The maximum Gasteiger partial charge on any atom is 0.446 e. The van der Waals surface area contributed by atoms with Gasteiger partial charge in [-0.2, -0.15) is 23.5 Å². The van der Waals surface area contributed by atoms with Gasteiger partial charge in [0.15, 0.2) is 0 Å². The molecule has 0 fully saturated rings. The normalized spacial score (nSPS) is 11.7. The Morgan fingerprint density at radius 1 is 1.06 bits per heavy atom. The molecule has 0 atom stereocenters. The molecule has 2 rings (SSSR count). The molecule has 0 bridgehead atoms. The van der Waals surface area contributed by atoms with Gasteiger partial charge in [-0.05, 0) is 36.0 Å². The van der Waals surface area contributed by atoms with Crippen molar-refractivity contribution in [1.29, 1.82) is 0 Å². The first kappa shape index (κ1) is 12.3. The Kier molecular flexibility index (Phi) is 3.63. The van der Waals surface area contributed by atoms with Gasteiger partial charge in [0, 0.05) is 9.79 Å². The third-order valence-electron chi connectivity index (χ3n) is 1.67. The summed E-state index contributed by atoms with van der Waals surface area (Å²) in [5.74, 6) is 0. The van der Waals surface area contributed by atoms with Gasteiger partial charge in [0.2, 0.25) is 0 Å². The highest BCUT2D eigenvalue weighted by atomic mass is 32.2. The third kappa shape index (κ3) is 3.97. The lowest BCUT2D eigenvalue weighted by molar-refractivity contribution is -0.0328. The SMILES string of the molecule is FC(F)(F)Sc1ccc(Sc2cn[nH]n2)cc1. The number of benzene rings is 1. The lowest BCUT2D eigenvalue weighted by Gasteiger charge is -2.05. The molecule has 0 spiro atoms. The summed E-state index contributed by atoms with van der Waals surface area (Å²) in [7, 11) is 0. The smallest absolute Gasteiger partial charge is 0.197 e. The molecule has 1 aromatic carbocycles. The van der Waals surface area contributed by atoms with Crippen molar-refractivity contribution < 1.29 is 13.2 Å². The van der Waals surface area contributed by atoms with Crippen molar-refractivity contribution in [3.8, 4) is 0 Å². The highest BCUT2D eigenvalue weighted by Gasteiger charge is 2.28.